The molecule has 0 aliphatic heterocycles. The number of benzene rings is 1. The fourth-order valence-electron chi connectivity index (χ4n) is 1.72. The van der Waals surface area contributed by atoms with E-state index in [1.807, 2.05) is 6.07 Å². The molecule has 5 heteroatoms. The highest BCUT2D eigenvalue weighted by Crippen LogP contribution is 2.35. The molecule has 0 aliphatic carbocycles. The summed E-state index contributed by atoms with van der Waals surface area (Å²) >= 11 is 6.12. The van der Waals surface area contributed by atoms with Crippen LogP contribution in [0.4, 0.5) is 0 Å². The molecule has 0 amide bonds. The summed E-state index contributed by atoms with van der Waals surface area (Å²) in [6.45, 7) is 6.96. The third kappa shape index (κ3) is 5.57. The molecule has 0 aromatic heterocycles. The van der Waals surface area contributed by atoms with Gasteiger partial charge in [0.15, 0.2) is 11.5 Å². The van der Waals surface area contributed by atoms with Crippen molar-refractivity contribution in [2.45, 2.75) is 20.4 Å². The average molecular weight is 302 g/mol. The maximum absolute atomic E-state index is 6.12. The van der Waals surface area contributed by atoms with Gasteiger partial charge in [-0.15, -0.1) is 0 Å². The van der Waals surface area contributed by atoms with Crippen LogP contribution in [0.3, 0.4) is 0 Å². The summed E-state index contributed by atoms with van der Waals surface area (Å²) in [5.74, 6) is 1.88. The van der Waals surface area contributed by atoms with Gasteiger partial charge in [0.1, 0.15) is 0 Å². The molecule has 0 spiro atoms. The number of nitrogens with one attached hydrogen (secondary N) is 1. The molecule has 114 valence electrons. The highest BCUT2D eigenvalue weighted by atomic mass is 35.5. The monoisotopic (exact) mass is 301 g/mol. The first-order chi connectivity index (χ1) is 9.58. The second kappa shape index (κ2) is 9.06. The molecule has 0 heterocycles. The van der Waals surface area contributed by atoms with Crippen LogP contribution >= 0.6 is 11.6 Å². The van der Waals surface area contributed by atoms with E-state index in [-0.39, 0.29) is 0 Å². The van der Waals surface area contributed by atoms with Crippen LogP contribution in [0.15, 0.2) is 12.1 Å². The van der Waals surface area contributed by atoms with E-state index in [0.29, 0.717) is 36.4 Å². The van der Waals surface area contributed by atoms with Gasteiger partial charge in [-0.1, -0.05) is 25.4 Å². The van der Waals surface area contributed by atoms with E-state index in [4.69, 9.17) is 25.8 Å². The van der Waals surface area contributed by atoms with Gasteiger partial charge in [0.2, 0.25) is 0 Å². The highest BCUT2D eigenvalue weighted by molar-refractivity contribution is 6.30. The SMILES string of the molecule is COCCNCc1cc(Cl)cc(OC)c1OCC(C)C. The molecule has 4 nitrogen and oxygen atoms in total. The molecule has 0 unspecified atom stereocenters. The smallest absolute Gasteiger partial charge is 0.165 e. The van der Waals surface area contributed by atoms with Crippen LogP contribution in [0.25, 0.3) is 0 Å². The van der Waals surface area contributed by atoms with Gasteiger partial charge in [-0.25, -0.2) is 0 Å². The zero-order valence-electron chi connectivity index (χ0n) is 12.7. The van der Waals surface area contributed by atoms with Crippen molar-refractivity contribution in [3.05, 3.63) is 22.7 Å². The van der Waals surface area contributed by atoms with Crippen molar-refractivity contribution < 1.29 is 14.2 Å². The second-order valence-corrected chi connectivity index (χ2v) is 5.41. The minimum absolute atomic E-state index is 0.449. The Balaban J connectivity index is 2.84. The normalized spacial score (nSPS) is 10.9. The van der Waals surface area contributed by atoms with Gasteiger partial charge >= 0.3 is 0 Å². The number of methoxy groups -OCH3 is 2. The van der Waals surface area contributed by atoms with E-state index in [9.17, 15) is 0 Å². The summed E-state index contributed by atoms with van der Waals surface area (Å²) in [6, 6.07) is 3.68. The predicted molar refractivity (Wildman–Crippen MR) is 81.9 cm³/mol. The molecule has 0 saturated heterocycles. The first-order valence-electron chi connectivity index (χ1n) is 6.77. The van der Waals surface area contributed by atoms with Crippen LogP contribution in [0.2, 0.25) is 5.02 Å². The number of rotatable bonds is 9. The highest BCUT2D eigenvalue weighted by Gasteiger charge is 2.13. The van der Waals surface area contributed by atoms with Crippen molar-refractivity contribution in [1.29, 1.82) is 0 Å². The van der Waals surface area contributed by atoms with E-state index < -0.39 is 0 Å². The zero-order valence-corrected chi connectivity index (χ0v) is 13.4. The molecule has 0 aliphatic rings. The molecular weight excluding hydrogens is 278 g/mol. The van der Waals surface area contributed by atoms with E-state index in [2.05, 4.69) is 19.2 Å². The van der Waals surface area contributed by atoms with Crippen molar-refractivity contribution in [2.75, 3.05) is 34.0 Å². The van der Waals surface area contributed by atoms with Crippen LogP contribution in [0, 0.1) is 5.92 Å². The minimum atomic E-state index is 0.449. The zero-order chi connectivity index (χ0) is 15.0. The Morgan fingerprint density at radius 2 is 2.00 bits per heavy atom. The van der Waals surface area contributed by atoms with Crippen molar-refractivity contribution in [3.8, 4) is 11.5 Å². The van der Waals surface area contributed by atoms with E-state index in [1.165, 1.54) is 0 Å². The van der Waals surface area contributed by atoms with Crippen LogP contribution in [-0.4, -0.2) is 34.0 Å². The van der Waals surface area contributed by atoms with Gasteiger partial charge in [0, 0.05) is 36.9 Å². The Morgan fingerprint density at radius 1 is 1.25 bits per heavy atom. The summed E-state index contributed by atoms with van der Waals surface area (Å²) in [6.07, 6.45) is 0. The third-order valence-corrected chi connectivity index (χ3v) is 2.89. The molecule has 1 N–H and O–H groups in total. The standard InChI is InChI=1S/C15H24ClNO3/c1-11(2)10-20-15-12(9-17-5-6-18-3)7-13(16)8-14(15)19-4/h7-8,11,17H,5-6,9-10H2,1-4H3. The van der Waals surface area contributed by atoms with Gasteiger partial charge < -0.3 is 19.5 Å². The van der Waals surface area contributed by atoms with E-state index in [0.717, 1.165) is 17.9 Å². The summed E-state index contributed by atoms with van der Waals surface area (Å²) in [5, 5.41) is 3.93. The largest absolute Gasteiger partial charge is 0.493 e. The topological polar surface area (TPSA) is 39.7 Å². The Kier molecular flexibility index (Phi) is 7.73. The first kappa shape index (κ1) is 17.1. The third-order valence-electron chi connectivity index (χ3n) is 2.68. The molecule has 0 atom stereocenters. The lowest BCUT2D eigenvalue weighted by Crippen LogP contribution is -2.19. The summed E-state index contributed by atoms with van der Waals surface area (Å²) in [7, 11) is 3.30. The summed E-state index contributed by atoms with van der Waals surface area (Å²) in [5.41, 5.74) is 0.992. The Hall–Kier alpha value is -0.970. The lowest BCUT2D eigenvalue weighted by Gasteiger charge is -2.17. The molecular formula is C15H24ClNO3. The predicted octanol–water partition coefficient (Wildman–Crippen LogP) is 3.12. The number of ether oxygens (including phenoxy) is 3. The molecule has 1 rings (SSSR count). The van der Waals surface area contributed by atoms with Crippen molar-refractivity contribution in [1.82, 2.24) is 5.32 Å². The quantitative estimate of drug-likeness (QED) is 0.711. The Labute approximate surface area is 126 Å². The van der Waals surface area contributed by atoms with Crippen LogP contribution < -0.4 is 14.8 Å². The minimum Gasteiger partial charge on any atom is -0.493 e. The average Bonchev–Trinajstić information content (AvgIpc) is 2.41. The number of halogens is 1. The van der Waals surface area contributed by atoms with Gasteiger partial charge in [-0.05, 0) is 12.0 Å². The van der Waals surface area contributed by atoms with Gasteiger partial charge in [-0.3, -0.25) is 0 Å². The second-order valence-electron chi connectivity index (χ2n) is 4.97. The van der Waals surface area contributed by atoms with Crippen molar-refractivity contribution >= 4 is 11.6 Å². The lowest BCUT2D eigenvalue weighted by molar-refractivity contribution is 0.198. The van der Waals surface area contributed by atoms with Crippen LogP contribution in [0.1, 0.15) is 19.4 Å². The molecule has 1 aromatic carbocycles. The van der Waals surface area contributed by atoms with E-state index in [1.54, 1.807) is 20.3 Å². The van der Waals surface area contributed by atoms with Crippen LogP contribution in [0.5, 0.6) is 11.5 Å². The Bertz CT molecular complexity index is 410. The van der Waals surface area contributed by atoms with Gasteiger partial charge in [-0.2, -0.15) is 0 Å². The molecule has 0 saturated carbocycles. The fraction of sp³-hybridized carbons (Fsp3) is 0.600. The molecule has 1 aromatic rings. The maximum atomic E-state index is 6.12. The first-order valence-corrected chi connectivity index (χ1v) is 7.15. The summed E-state index contributed by atoms with van der Waals surface area (Å²) < 4.78 is 16.3. The molecule has 0 bridgehead atoms. The molecule has 0 radical (unpaired) electrons. The number of hydrogen-bond acceptors (Lipinski definition) is 4. The van der Waals surface area contributed by atoms with Crippen molar-refractivity contribution in [3.63, 3.8) is 0 Å². The van der Waals surface area contributed by atoms with Crippen molar-refractivity contribution in [2.24, 2.45) is 5.92 Å². The Morgan fingerprint density at radius 3 is 2.60 bits per heavy atom. The number of hydrogen-bond donors (Lipinski definition) is 1. The fourth-order valence-corrected chi connectivity index (χ4v) is 1.95. The maximum Gasteiger partial charge on any atom is 0.165 e. The van der Waals surface area contributed by atoms with Gasteiger partial charge in [0.05, 0.1) is 20.3 Å². The lowest BCUT2D eigenvalue weighted by atomic mass is 10.1. The molecule has 20 heavy (non-hydrogen) atoms. The summed E-state index contributed by atoms with van der Waals surface area (Å²) in [4.78, 5) is 0. The molecule has 0 fully saturated rings. The van der Waals surface area contributed by atoms with E-state index >= 15 is 0 Å². The van der Waals surface area contributed by atoms with Gasteiger partial charge in [0.25, 0.3) is 0 Å². The van der Waals surface area contributed by atoms with Crippen LogP contribution in [-0.2, 0) is 11.3 Å².